The Hall–Kier alpha value is -0.260. The van der Waals surface area contributed by atoms with Crippen LogP contribution in [0, 0.1) is 0 Å². The van der Waals surface area contributed by atoms with Crippen molar-refractivity contribution in [3.8, 4) is 0 Å². The van der Waals surface area contributed by atoms with E-state index in [9.17, 15) is 0 Å². The molecule has 0 aliphatic rings. The van der Waals surface area contributed by atoms with Gasteiger partial charge in [-0.3, -0.25) is 0 Å². The molecule has 0 aromatic heterocycles. The normalized spacial score (nSPS) is 11.7. The molecule has 0 bridgehead atoms. The van der Waals surface area contributed by atoms with Crippen LogP contribution >= 0.6 is 0 Å². The van der Waals surface area contributed by atoms with E-state index in [2.05, 4.69) is 26.0 Å². The molecule has 36 heavy (non-hydrogen) atoms. The highest BCUT2D eigenvalue weighted by molar-refractivity contribution is 4.81. The van der Waals surface area contributed by atoms with Crippen molar-refractivity contribution in [2.75, 3.05) is 0 Å². The Bertz CT molecular complexity index is 345. The number of unbranched alkanes of at least 4 members (excludes halogenated alkanes) is 30. The minimum absolute atomic E-state index is 1.32. The third-order valence-electron chi connectivity index (χ3n) is 8.12. The molecule has 0 aromatic carbocycles. The predicted molar refractivity (Wildman–Crippen MR) is 168 cm³/mol. The van der Waals surface area contributed by atoms with E-state index in [0.717, 1.165) is 0 Å². The Morgan fingerprint density at radius 1 is 0.222 bits per heavy atom. The lowest BCUT2D eigenvalue weighted by Gasteiger charge is -2.03. The van der Waals surface area contributed by atoms with Crippen LogP contribution in [0.25, 0.3) is 0 Å². The summed E-state index contributed by atoms with van der Waals surface area (Å²) in [5.41, 5.74) is 0. The Morgan fingerprint density at radius 3 is 0.583 bits per heavy atom. The second kappa shape index (κ2) is 34.7. The van der Waals surface area contributed by atoms with E-state index < -0.39 is 0 Å². The van der Waals surface area contributed by atoms with Crippen LogP contribution in [0.4, 0.5) is 0 Å². The molecule has 0 spiro atoms. The number of hydrogen-bond donors (Lipinski definition) is 0. The molecule has 0 radical (unpaired) electrons. The zero-order valence-corrected chi connectivity index (χ0v) is 25.8. The van der Waals surface area contributed by atoms with Gasteiger partial charge >= 0.3 is 0 Å². The van der Waals surface area contributed by atoms with Crippen LogP contribution in [0.3, 0.4) is 0 Å². The maximum atomic E-state index is 2.46. The average Bonchev–Trinajstić information content (AvgIpc) is 2.89. The highest BCUT2D eigenvalue weighted by Crippen LogP contribution is 2.15. The van der Waals surface area contributed by atoms with Gasteiger partial charge in [0, 0.05) is 0 Å². The van der Waals surface area contributed by atoms with Crippen molar-refractivity contribution < 1.29 is 0 Å². The summed E-state index contributed by atoms with van der Waals surface area (Å²) < 4.78 is 0. The summed E-state index contributed by atoms with van der Waals surface area (Å²) in [5, 5.41) is 0. The Morgan fingerprint density at radius 2 is 0.389 bits per heavy atom. The minimum atomic E-state index is 1.32. The lowest BCUT2D eigenvalue weighted by atomic mass is 10.0. The molecule has 0 aliphatic carbocycles. The maximum absolute atomic E-state index is 2.46. The van der Waals surface area contributed by atoms with Crippen molar-refractivity contribution in [2.45, 2.75) is 219 Å². The lowest BCUT2D eigenvalue weighted by Crippen LogP contribution is -1.83. The molecule has 0 N–H and O–H groups in total. The monoisotopic (exact) mass is 505 g/mol. The van der Waals surface area contributed by atoms with Crippen molar-refractivity contribution in [1.29, 1.82) is 0 Å². The van der Waals surface area contributed by atoms with Crippen molar-refractivity contribution in [2.24, 2.45) is 0 Å². The highest BCUT2D eigenvalue weighted by atomic mass is 14.0. The van der Waals surface area contributed by atoms with Gasteiger partial charge in [0.25, 0.3) is 0 Å². The Balaban J connectivity index is 3.07. The second-order valence-corrected chi connectivity index (χ2v) is 11.9. The van der Waals surface area contributed by atoms with Gasteiger partial charge in [0.1, 0.15) is 0 Å². The lowest BCUT2D eigenvalue weighted by molar-refractivity contribution is 0.532. The SMILES string of the molecule is CCCCCCCCCCCCCCCCCC=CCCCCCCCCCCCCCCCCC. The summed E-state index contributed by atoms with van der Waals surface area (Å²) in [6.07, 6.45) is 51.4. The van der Waals surface area contributed by atoms with Gasteiger partial charge < -0.3 is 0 Å². The Kier molecular flexibility index (Phi) is 34.5. The zero-order valence-electron chi connectivity index (χ0n) is 25.8. The second-order valence-electron chi connectivity index (χ2n) is 11.9. The van der Waals surface area contributed by atoms with Crippen molar-refractivity contribution in [1.82, 2.24) is 0 Å². The van der Waals surface area contributed by atoms with Crippen molar-refractivity contribution in [3.05, 3.63) is 12.2 Å². The molecule has 0 saturated heterocycles. The van der Waals surface area contributed by atoms with Gasteiger partial charge in [-0.15, -0.1) is 0 Å². The molecule has 0 aliphatic heterocycles. The smallest absolute Gasteiger partial charge is 0.0351 e. The number of hydrogen-bond acceptors (Lipinski definition) is 0. The van der Waals surface area contributed by atoms with Crippen LogP contribution in [-0.4, -0.2) is 0 Å². The molecule has 0 rings (SSSR count). The maximum Gasteiger partial charge on any atom is -0.0351 e. The largest absolute Gasteiger partial charge is 0.0885 e. The molecule has 0 fully saturated rings. The molecule has 0 heteroatoms. The van der Waals surface area contributed by atoms with Crippen LogP contribution in [0.5, 0.6) is 0 Å². The van der Waals surface area contributed by atoms with Gasteiger partial charge in [0.2, 0.25) is 0 Å². The van der Waals surface area contributed by atoms with E-state index >= 15 is 0 Å². The van der Waals surface area contributed by atoms with Crippen LogP contribution in [-0.2, 0) is 0 Å². The standard InChI is InChI=1S/C36H72/c1-3-5-7-9-11-13-15-17-19-21-23-25-27-29-31-33-35-36-34-32-30-28-26-24-22-20-18-16-14-12-10-8-6-4-2/h35-36H,3-34H2,1-2H3. The molecule has 216 valence electrons. The molecule has 0 aromatic rings. The summed E-state index contributed by atoms with van der Waals surface area (Å²) >= 11 is 0. The van der Waals surface area contributed by atoms with Crippen LogP contribution < -0.4 is 0 Å². The summed E-state index contributed by atoms with van der Waals surface area (Å²) in [5.74, 6) is 0. The van der Waals surface area contributed by atoms with Crippen molar-refractivity contribution >= 4 is 0 Å². The first-order chi connectivity index (χ1) is 17.9. The van der Waals surface area contributed by atoms with Crippen LogP contribution in [0.2, 0.25) is 0 Å². The molecule has 0 nitrogen and oxygen atoms in total. The van der Waals surface area contributed by atoms with E-state index in [1.54, 1.807) is 0 Å². The van der Waals surface area contributed by atoms with Gasteiger partial charge in [-0.25, -0.2) is 0 Å². The predicted octanol–water partition coefficient (Wildman–Crippen LogP) is 14.1. The summed E-state index contributed by atoms with van der Waals surface area (Å²) in [6, 6.07) is 0. The highest BCUT2D eigenvalue weighted by Gasteiger charge is 1.95. The first-order valence-electron chi connectivity index (χ1n) is 17.6. The van der Waals surface area contributed by atoms with E-state index in [0.29, 0.717) is 0 Å². The van der Waals surface area contributed by atoms with Gasteiger partial charge in [0.05, 0.1) is 0 Å². The molecule has 0 atom stereocenters. The molecular weight excluding hydrogens is 432 g/mol. The first-order valence-corrected chi connectivity index (χ1v) is 17.6. The summed E-state index contributed by atoms with van der Waals surface area (Å²) in [4.78, 5) is 0. The quantitative estimate of drug-likeness (QED) is 0.0631. The molecule has 0 heterocycles. The average molecular weight is 505 g/mol. The molecule has 0 unspecified atom stereocenters. The minimum Gasteiger partial charge on any atom is -0.0885 e. The number of rotatable bonds is 32. The third kappa shape index (κ3) is 33.7. The molecule has 0 saturated carbocycles. The Labute approximate surface area is 231 Å². The molecule has 0 amide bonds. The van der Waals surface area contributed by atoms with Crippen LogP contribution in [0.1, 0.15) is 219 Å². The van der Waals surface area contributed by atoms with E-state index in [4.69, 9.17) is 0 Å². The van der Waals surface area contributed by atoms with Gasteiger partial charge in [-0.05, 0) is 25.7 Å². The van der Waals surface area contributed by atoms with Crippen molar-refractivity contribution in [3.63, 3.8) is 0 Å². The zero-order chi connectivity index (χ0) is 26.0. The first kappa shape index (κ1) is 35.7. The van der Waals surface area contributed by atoms with E-state index in [-0.39, 0.29) is 0 Å². The third-order valence-corrected chi connectivity index (χ3v) is 8.12. The van der Waals surface area contributed by atoms with Crippen LogP contribution in [0.15, 0.2) is 12.2 Å². The van der Waals surface area contributed by atoms with E-state index in [1.165, 1.54) is 205 Å². The summed E-state index contributed by atoms with van der Waals surface area (Å²) in [6.45, 7) is 4.61. The fourth-order valence-electron chi connectivity index (χ4n) is 5.50. The molecular formula is C36H72. The van der Waals surface area contributed by atoms with E-state index in [1.807, 2.05) is 0 Å². The van der Waals surface area contributed by atoms with Gasteiger partial charge in [-0.1, -0.05) is 206 Å². The van der Waals surface area contributed by atoms with Gasteiger partial charge in [0.15, 0.2) is 0 Å². The summed E-state index contributed by atoms with van der Waals surface area (Å²) in [7, 11) is 0. The fourth-order valence-corrected chi connectivity index (χ4v) is 5.50. The van der Waals surface area contributed by atoms with Gasteiger partial charge in [-0.2, -0.15) is 0 Å². The fraction of sp³-hybridized carbons (Fsp3) is 0.944. The topological polar surface area (TPSA) is 0 Å². The number of allylic oxidation sites excluding steroid dienone is 2.